The van der Waals surface area contributed by atoms with E-state index >= 15 is 0 Å². The van der Waals surface area contributed by atoms with Crippen molar-refractivity contribution in [3.63, 3.8) is 0 Å². The molecule has 0 N–H and O–H groups in total. The lowest BCUT2D eigenvalue weighted by Gasteiger charge is -2.00. The van der Waals surface area contributed by atoms with Crippen molar-refractivity contribution in [1.82, 2.24) is 0 Å². The smallest absolute Gasteiger partial charge is 0.130 e. The summed E-state index contributed by atoms with van der Waals surface area (Å²) in [7, 11) is 0. The van der Waals surface area contributed by atoms with Gasteiger partial charge in [0.15, 0.2) is 0 Å². The largest absolute Gasteiger partial charge is 0.324 e. The SMILES string of the molecule is C#C[Si](Cl)(Cl)CC. The first kappa shape index (κ1) is 7.36. The molecule has 0 radical (unpaired) electrons. The van der Waals surface area contributed by atoms with E-state index in [1.807, 2.05) is 6.92 Å². The fraction of sp³-hybridized carbons (Fsp3) is 0.500. The number of rotatable bonds is 1. The minimum absolute atomic E-state index is 0.729. The van der Waals surface area contributed by atoms with E-state index in [9.17, 15) is 0 Å². The van der Waals surface area contributed by atoms with Crippen molar-refractivity contribution in [2.24, 2.45) is 0 Å². The van der Waals surface area contributed by atoms with Crippen LogP contribution in [0, 0.1) is 12.0 Å². The predicted molar refractivity (Wildman–Crippen MR) is 36.8 cm³/mol. The highest BCUT2D eigenvalue weighted by Gasteiger charge is 2.21. The summed E-state index contributed by atoms with van der Waals surface area (Å²) in [6.07, 6.45) is 4.96. The summed E-state index contributed by atoms with van der Waals surface area (Å²) in [5.41, 5.74) is 2.36. The second-order valence-corrected chi connectivity index (χ2v) is 8.06. The molecule has 0 amide bonds. The van der Waals surface area contributed by atoms with Crippen molar-refractivity contribution in [1.29, 1.82) is 0 Å². The quantitative estimate of drug-likeness (QED) is 0.307. The highest BCUT2D eigenvalue weighted by atomic mass is 35.7. The van der Waals surface area contributed by atoms with E-state index in [4.69, 9.17) is 28.6 Å². The van der Waals surface area contributed by atoms with Gasteiger partial charge < -0.3 is 0 Å². The molecule has 0 nitrogen and oxygen atoms in total. The van der Waals surface area contributed by atoms with Crippen LogP contribution in [-0.4, -0.2) is 6.69 Å². The molecule has 0 aliphatic heterocycles. The fourth-order valence-electron chi connectivity index (χ4n) is 0.102. The Labute approximate surface area is 54.2 Å². The van der Waals surface area contributed by atoms with E-state index in [0.717, 1.165) is 6.04 Å². The summed E-state index contributed by atoms with van der Waals surface area (Å²) in [5.74, 6) is 0. The van der Waals surface area contributed by atoms with E-state index in [2.05, 4.69) is 5.54 Å². The number of halogens is 2. The normalized spacial score (nSPS) is 10.6. The monoisotopic (exact) mass is 152 g/mol. The Bertz CT molecular complexity index is 92.4. The Morgan fingerprint density at radius 1 is 1.71 bits per heavy atom. The first-order valence-electron chi connectivity index (χ1n) is 1.98. The lowest BCUT2D eigenvalue weighted by molar-refractivity contribution is 1.45. The van der Waals surface area contributed by atoms with Crippen LogP contribution >= 0.6 is 22.2 Å². The van der Waals surface area contributed by atoms with Gasteiger partial charge >= 0.3 is 6.69 Å². The molecule has 0 aromatic heterocycles. The molecule has 0 fully saturated rings. The zero-order valence-corrected chi connectivity index (χ0v) is 6.55. The highest BCUT2D eigenvalue weighted by Crippen LogP contribution is 2.17. The average Bonchev–Trinajstić information content (AvgIpc) is 1.68. The molecule has 3 heteroatoms. The van der Waals surface area contributed by atoms with Gasteiger partial charge in [0.25, 0.3) is 0 Å². The van der Waals surface area contributed by atoms with E-state index < -0.39 is 6.69 Å². The van der Waals surface area contributed by atoms with E-state index in [0.29, 0.717) is 0 Å². The minimum Gasteiger partial charge on any atom is -0.130 e. The van der Waals surface area contributed by atoms with Crippen LogP contribution in [0.25, 0.3) is 0 Å². The molecule has 0 aliphatic carbocycles. The van der Waals surface area contributed by atoms with Crippen molar-refractivity contribution < 1.29 is 0 Å². The molecule has 0 heterocycles. The van der Waals surface area contributed by atoms with Crippen molar-refractivity contribution in [3.8, 4) is 12.0 Å². The molecule has 40 valence electrons. The Morgan fingerprint density at radius 2 is 2.14 bits per heavy atom. The van der Waals surface area contributed by atoms with E-state index in [-0.39, 0.29) is 0 Å². The number of hydrogen-bond donors (Lipinski definition) is 0. The summed E-state index contributed by atoms with van der Waals surface area (Å²) in [6.45, 7) is -0.284. The molecule has 7 heavy (non-hydrogen) atoms. The molecule has 0 rings (SSSR count). The van der Waals surface area contributed by atoms with Crippen LogP contribution in [-0.2, 0) is 0 Å². The summed E-state index contributed by atoms with van der Waals surface area (Å²) >= 11 is 11.1. The molecule has 0 unspecified atom stereocenters. The maximum Gasteiger partial charge on any atom is 0.324 e. The van der Waals surface area contributed by atoms with Crippen molar-refractivity contribution in [2.75, 3.05) is 0 Å². The standard InChI is InChI=1S/C4H6Cl2Si/c1-3-7(5,6)4-2/h1H,4H2,2H3. The summed E-state index contributed by atoms with van der Waals surface area (Å²) in [5, 5.41) is 0. The van der Waals surface area contributed by atoms with Crippen molar-refractivity contribution in [2.45, 2.75) is 13.0 Å². The van der Waals surface area contributed by atoms with E-state index in [1.165, 1.54) is 0 Å². The van der Waals surface area contributed by atoms with Gasteiger partial charge in [0.05, 0.1) is 0 Å². The topological polar surface area (TPSA) is 0 Å². The Hall–Kier alpha value is 0.357. The molecular formula is C4H6Cl2Si. The second kappa shape index (κ2) is 2.61. The molecule has 0 spiro atoms. The maximum absolute atomic E-state index is 5.57. The highest BCUT2D eigenvalue weighted by molar-refractivity contribution is 7.49. The van der Waals surface area contributed by atoms with Gasteiger partial charge in [0, 0.05) is 0 Å². The lowest BCUT2D eigenvalue weighted by Crippen LogP contribution is -2.12. The lowest BCUT2D eigenvalue weighted by atomic mass is 11.0. The molecule has 0 aromatic carbocycles. The molecular weight excluding hydrogens is 147 g/mol. The Balaban J connectivity index is 3.66. The maximum atomic E-state index is 5.57. The molecule has 0 aliphatic rings. The summed E-state index contributed by atoms with van der Waals surface area (Å²) in [4.78, 5) is 0. The molecule has 0 aromatic rings. The van der Waals surface area contributed by atoms with Gasteiger partial charge in [-0.3, -0.25) is 0 Å². The van der Waals surface area contributed by atoms with Crippen LogP contribution in [0.5, 0.6) is 0 Å². The van der Waals surface area contributed by atoms with Crippen LogP contribution in [0.1, 0.15) is 6.92 Å². The van der Waals surface area contributed by atoms with Crippen LogP contribution < -0.4 is 0 Å². The molecule has 0 atom stereocenters. The van der Waals surface area contributed by atoms with Gasteiger partial charge in [-0.2, -0.15) is 0 Å². The second-order valence-electron chi connectivity index (χ2n) is 1.20. The minimum atomic E-state index is -2.18. The average molecular weight is 153 g/mol. The van der Waals surface area contributed by atoms with E-state index in [1.54, 1.807) is 0 Å². The Morgan fingerprint density at radius 3 is 2.14 bits per heavy atom. The van der Waals surface area contributed by atoms with Gasteiger partial charge in [-0.05, 0) is 6.04 Å². The van der Waals surface area contributed by atoms with Gasteiger partial charge in [0.2, 0.25) is 0 Å². The predicted octanol–water partition coefficient (Wildman–Crippen LogP) is 2.10. The fourth-order valence-corrected chi connectivity index (χ4v) is 0.306. The van der Waals surface area contributed by atoms with Gasteiger partial charge in [0.1, 0.15) is 0 Å². The van der Waals surface area contributed by atoms with Crippen molar-refractivity contribution in [3.05, 3.63) is 0 Å². The third kappa shape index (κ3) is 2.99. The third-order valence-corrected chi connectivity index (χ3v) is 4.22. The number of hydrogen-bond acceptors (Lipinski definition) is 0. The van der Waals surface area contributed by atoms with Gasteiger partial charge in [-0.15, -0.1) is 28.6 Å². The molecule has 0 saturated heterocycles. The summed E-state index contributed by atoms with van der Waals surface area (Å²) < 4.78 is 0. The van der Waals surface area contributed by atoms with Crippen LogP contribution in [0.2, 0.25) is 6.04 Å². The zero-order chi connectivity index (χ0) is 5.91. The molecule has 0 bridgehead atoms. The van der Waals surface area contributed by atoms with Crippen LogP contribution in [0.3, 0.4) is 0 Å². The Kier molecular flexibility index (Phi) is 2.75. The van der Waals surface area contributed by atoms with Crippen LogP contribution in [0.15, 0.2) is 0 Å². The van der Waals surface area contributed by atoms with Gasteiger partial charge in [-0.25, -0.2) is 0 Å². The number of terminal acetylenes is 1. The van der Waals surface area contributed by atoms with Gasteiger partial charge in [-0.1, -0.05) is 12.5 Å². The summed E-state index contributed by atoms with van der Waals surface area (Å²) in [6, 6.07) is 0.729. The zero-order valence-electron chi connectivity index (χ0n) is 4.04. The third-order valence-electron chi connectivity index (χ3n) is 0.655. The first-order valence-corrected chi connectivity index (χ1v) is 6.21. The van der Waals surface area contributed by atoms with Crippen molar-refractivity contribution >= 4 is 28.9 Å². The van der Waals surface area contributed by atoms with Crippen LogP contribution in [0.4, 0.5) is 0 Å². The molecule has 0 saturated carbocycles. The first-order chi connectivity index (χ1) is 3.12.